The first-order chi connectivity index (χ1) is 7.20. The number of halogens is 1. The summed E-state index contributed by atoms with van der Waals surface area (Å²) < 4.78 is 0. The number of rotatable bonds is 2. The van der Waals surface area contributed by atoms with Crippen molar-refractivity contribution in [3.63, 3.8) is 0 Å². The van der Waals surface area contributed by atoms with Gasteiger partial charge in [-0.2, -0.15) is 5.10 Å². The van der Waals surface area contributed by atoms with Crippen LogP contribution in [0.3, 0.4) is 0 Å². The fraction of sp³-hybridized carbons (Fsp3) is 0.273. The summed E-state index contributed by atoms with van der Waals surface area (Å²) in [5, 5.41) is 7.81. The van der Waals surface area contributed by atoms with Gasteiger partial charge in [0.15, 0.2) is 5.82 Å². The lowest BCUT2D eigenvalue weighted by molar-refractivity contribution is 0.946. The summed E-state index contributed by atoms with van der Waals surface area (Å²) in [5.74, 6) is 1.64. The highest BCUT2D eigenvalue weighted by Crippen LogP contribution is 2.22. The topological polar surface area (TPSA) is 41.6 Å². The molecule has 1 N–H and O–H groups in total. The molecule has 0 bridgehead atoms. The minimum absolute atomic E-state index is 0.737. The Morgan fingerprint density at radius 2 is 2.20 bits per heavy atom. The van der Waals surface area contributed by atoms with Crippen molar-refractivity contribution >= 4 is 11.6 Å². The van der Waals surface area contributed by atoms with Crippen molar-refractivity contribution in [2.45, 2.75) is 20.3 Å². The van der Waals surface area contributed by atoms with E-state index in [4.69, 9.17) is 11.6 Å². The van der Waals surface area contributed by atoms with Crippen LogP contribution in [0.2, 0.25) is 5.02 Å². The summed E-state index contributed by atoms with van der Waals surface area (Å²) in [6.07, 6.45) is 0.861. The van der Waals surface area contributed by atoms with E-state index in [9.17, 15) is 0 Å². The third-order valence-electron chi connectivity index (χ3n) is 2.30. The number of H-pyrrole nitrogens is 1. The van der Waals surface area contributed by atoms with E-state index in [1.165, 1.54) is 0 Å². The van der Waals surface area contributed by atoms with Crippen LogP contribution in [0.4, 0.5) is 0 Å². The molecule has 0 saturated carbocycles. The Bertz CT molecular complexity index is 476. The summed E-state index contributed by atoms with van der Waals surface area (Å²) in [4.78, 5) is 4.38. The number of benzene rings is 1. The zero-order valence-corrected chi connectivity index (χ0v) is 9.47. The molecular weight excluding hydrogens is 210 g/mol. The summed E-state index contributed by atoms with van der Waals surface area (Å²) in [6.45, 7) is 4.04. The van der Waals surface area contributed by atoms with Gasteiger partial charge in [-0.25, -0.2) is 4.98 Å². The van der Waals surface area contributed by atoms with Gasteiger partial charge in [0.05, 0.1) is 0 Å². The quantitative estimate of drug-likeness (QED) is 0.847. The Labute approximate surface area is 93.5 Å². The number of aryl methyl sites for hydroxylation is 2. The van der Waals surface area contributed by atoms with Crippen molar-refractivity contribution in [2.24, 2.45) is 0 Å². The van der Waals surface area contributed by atoms with Gasteiger partial charge < -0.3 is 0 Å². The normalized spacial score (nSPS) is 10.6. The molecule has 4 heteroatoms. The maximum Gasteiger partial charge on any atom is 0.181 e. The number of aromatic nitrogens is 3. The van der Waals surface area contributed by atoms with Crippen LogP contribution in [0.15, 0.2) is 18.2 Å². The Kier molecular flexibility index (Phi) is 2.73. The van der Waals surface area contributed by atoms with Crippen LogP contribution in [0.1, 0.15) is 18.3 Å². The van der Waals surface area contributed by atoms with Crippen LogP contribution in [0.25, 0.3) is 11.4 Å². The predicted octanol–water partition coefficient (Wildman–Crippen LogP) is 3.00. The van der Waals surface area contributed by atoms with Crippen LogP contribution in [0, 0.1) is 6.92 Å². The number of aromatic amines is 1. The predicted molar refractivity (Wildman–Crippen MR) is 60.9 cm³/mol. The fourth-order valence-electron chi connectivity index (χ4n) is 1.45. The van der Waals surface area contributed by atoms with E-state index in [0.717, 1.165) is 34.2 Å². The van der Waals surface area contributed by atoms with Gasteiger partial charge in [0.25, 0.3) is 0 Å². The smallest absolute Gasteiger partial charge is 0.181 e. The van der Waals surface area contributed by atoms with Gasteiger partial charge in [-0.1, -0.05) is 18.5 Å². The zero-order chi connectivity index (χ0) is 10.8. The number of hydrogen-bond donors (Lipinski definition) is 1. The molecule has 0 fully saturated rings. The maximum absolute atomic E-state index is 5.89. The largest absolute Gasteiger partial charge is 0.263 e. The first-order valence-electron chi connectivity index (χ1n) is 4.88. The third kappa shape index (κ3) is 2.02. The van der Waals surface area contributed by atoms with Crippen LogP contribution in [0.5, 0.6) is 0 Å². The molecule has 2 rings (SSSR count). The molecule has 15 heavy (non-hydrogen) atoms. The summed E-state index contributed by atoms with van der Waals surface area (Å²) in [6, 6.07) is 5.71. The second kappa shape index (κ2) is 4.03. The number of nitrogens with zero attached hydrogens (tertiary/aromatic N) is 2. The molecule has 2 aromatic rings. The molecule has 1 aromatic heterocycles. The highest BCUT2D eigenvalue weighted by molar-refractivity contribution is 6.30. The molecule has 0 amide bonds. The van der Waals surface area contributed by atoms with Crippen molar-refractivity contribution in [2.75, 3.05) is 0 Å². The zero-order valence-electron chi connectivity index (χ0n) is 8.71. The molecule has 0 aliphatic rings. The molecule has 1 heterocycles. The van der Waals surface area contributed by atoms with Crippen LogP contribution < -0.4 is 0 Å². The lowest BCUT2D eigenvalue weighted by atomic mass is 10.1. The van der Waals surface area contributed by atoms with Gasteiger partial charge >= 0.3 is 0 Å². The molecule has 0 saturated heterocycles. The molecule has 78 valence electrons. The second-order valence-electron chi connectivity index (χ2n) is 3.42. The van der Waals surface area contributed by atoms with Crippen molar-refractivity contribution in [1.29, 1.82) is 0 Å². The Morgan fingerprint density at radius 3 is 2.80 bits per heavy atom. The SMILES string of the molecule is CCc1nc(-c2ccc(Cl)cc2C)n[nH]1. The van der Waals surface area contributed by atoms with E-state index in [2.05, 4.69) is 15.2 Å². The van der Waals surface area contributed by atoms with Crippen molar-refractivity contribution in [1.82, 2.24) is 15.2 Å². The maximum atomic E-state index is 5.89. The standard InChI is InChI=1S/C11H12ClN3/c1-3-10-13-11(15-14-10)9-5-4-8(12)6-7(9)2/h4-6H,3H2,1-2H3,(H,13,14,15). The molecule has 0 atom stereocenters. The van der Waals surface area contributed by atoms with E-state index >= 15 is 0 Å². The Balaban J connectivity index is 2.44. The van der Waals surface area contributed by atoms with Crippen molar-refractivity contribution in [3.05, 3.63) is 34.6 Å². The summed E-state index contributed by atoms with van der Waals surface area (Å²) in [5.41, 5.74) is 2.11. The highest BCUT2D eigenvalue weighted by Gasteiger charge is 2.07. The summed E-state index contributed by atoms with van der Waals surface area (Å²) >= 11 is 5.89. The molecule has 0 aliphatic heterocycles. The van der Waals surface area contributed by atoms with E-state index in [-0.39, 0.29) is 0 Å². The monoisotopic (exact) mass is 221 g/mol. The minimum Gasteiger partial charge on any atom is -0.263 e. The first-order valence-corrected chi connectivity index (χ1v) is 5.26. The highest BCUT2D eigenvalue weighted by atomic mass is 35.5. The van der Waals surface area contributed by atoms with Crippen LogP contribution >= 0.6 is 11.6 Å². The summed E-state index contributed by atoms with van der Waals surface area (Å²) in [7, 11) is 0. The van der Waals surface area contributed by atoms with Crippen molar-refractivity contribution < 1.29 is 0 Å². The third-order valence-corrected chi connectivity index (χ3v) is 2.53. The molecule has 0 spiro atoms. The van der Waals surface area contributed by atoms with E-state index in [0.29, 0.717) is 0 Å². The van der Waals surface area contributed by atoms with E-state index < -0.39 is 0 Å². The molecule has 0 radical (unpaired) electrons. The first kappa shape index (κ1) is 10.2. The fourth-order valence-corrected chi connectivity index (χ4v) is 1.68. The van der Waals surface area contributed by atoms with Gasteiger partial charge in [0.1, 0.15) is 5.82 Å². The average molecular weight is 222 g/mol. The lowest BCUT2D eigenvalue weighted by Gasteiger charge is -2.00. The molecule has 0 unspecified atom stereocenters. The minimum atomic E-state index is 0.737. The second-order valence-corrected chi connectivity index (χ2v) is 3.85. The van der Waals surface area contributed by atoms with Gasteiger partial charge in [-0.3, -0.25) is 5.10 Å². The van der Waals surface area contributed by atoms with E-state index in [1.807, 2.05) is 32.0 Å². The van der Waals surface area contributed by atoms with Crippen LogP contribution in [-0.2, 0) is 6.42 Å². The lowest BCUT2D eigenvalue weighted by Crippen LogP contribution is -1.86. The van der Waals surface area contributed by atoms with Gasteiger partial charge in [-0.15, -0.1) is 0 Å². The van der Waals surface area contributed by atoms with Crippen LogP contribution in [-0.4, -0.2) is 15.2 Å². The number of hydrogen-bond acceptors (Lipinski definition) is 2. The van der Waals surface area contributed by atoms with Gasteiger partial charge in [-0.05, 0) is 30.7 Å². The molecular formula is C11H12ClN3. The van der Waals surface area contributed by atoms with Gasteiger partial charge in [0.2, 0.25) is 0 Å². The molecule has 1 aromatic carbocycles. The Morgan fingerprint density at radius 1 is 1.40 bits per heavy atom. The molecule has 3 nitrogen and oxygen atoms in total. The van der Waals surface area contributed by atoms with E-state index in [1.54, 1.807) is 0 Å². The van der Waals surface area contributed by atoms with Gasteiger partial charge in [0, 0.05) is 17.0 Å². The Hall–Kier alpha value is -1.35. The number of nitrogens with one attached hydrogen (secondary N) is 1. The molecule has 0 aliphatic carbocycles. The van der Waals surface area contributed by atoms with Crippen molar-refractivity contribution in [3.8, 4) is 11.4 Å². The average Bonchev–Trinajstić information content (AvgIpc) is 2.66.